The number of anilines is 1. The van der Waals surface area contributed by atoms with Crippen LogP contribution in [0.15, 0.2) is 30.6 Å². The highest BCUT2D eigenvalue weighted by Crippen LogP contribution is 2.26. The Balaban J connectivity index is 2.03. The van der Waals surface area contributed by atoms with E-state index in [4.69, 9.17) is 15.2 Å². The smallest absolute Gasteiger partial charge is 0.292 e. The molecule has 0 fully saturated rings. The second kappa shape index (κ2) is 5.83. The van der Waals surface area contributed by atoms with Crippen molar-refractivity contribution in [3.05, 3.63) is 46.4 Å². The van der Waals surface area contributed by atoms with E-state index in [9.17, 15) is 10.1 Å². The standard InChI is InChI=1S/C12H12N4O4/c1-19-12-6-14-8(5-15-12)7-20-9-2-3-11(16(17)18)10(13)4-9/h2-6H,7,13H2,1H3. The van der Waals surface area contributed by atoms with E-state index in [0.29, 0.717) is 17.3 Å². The molecule has 0 saturated carbocycles. The maximum absolute atomic E-state index is 10.6. The van der Waals surface area contributed by atoms with Gasteiger partial charge in [0.15, 0.2) is 0 Å². The summed E-state index contributed by atoms with van der Waals surface area (Å²) in [4.78, 5) is 18.1. The SMILES string of the molecule is COc1cnc(COc2ccc([N+](=O)[O-])c(N)c2)cn1. The summed E-state index contributed by atoms with van der Waals surface area (Å²) in [6.45, 7) is 0.175. The molecular formula is C12H12N4O4. The van der Waals surface area contributed by atoms with Gasteiger partial charge < -0.3 is 15.2 Å². The van der Waals surface area contributed by atoms with Gasteiger partial charge in [0.25, 0.3) is 5.69 Å². The summed E-state index contributed by atoms with van der Waals surface area (Å²) in [5, 5.41) is 10.6. The van der Waals surface area contributed by atoms with Gasteiger partial charge in [-0.2, -0.15) is 0 Å². The van der Waals surface area contributed by atoms with Crippen LogP contribution >= 0.6 is 0 Å². The number of benzene rings is 1. The third-order valence-corrected chi connectivity index (χ3v) is 2.47. The van der Waals surface area contributed by atoms with Crippen LogP contribution in [-0.2, 0) is 6.61 Å². The van der Waals surface area contributed by atoms with E-state index >= 15 is 0 Å². The van der Waals surface area contributed by atoms with Crippen molar-refractivity contribution < 1.29 is 14.4 Å². The molecule has 1 aromatic carbocycles. The zero-order chi connectivity index (χ0) is 14.5. The number of nitro groups is 1. The average molecular weight is 276 g/mol. The Labute approximate surface area is 114 Å². The van der Waals surface area contributed by atoms with E-state index < -0.39 is 4.92 Å². The highest BCUT2D eigenvalue weighted by molar-refractivity contribution is 5.60. The molecule has 2 N–H and O–H groups in total. The number of rotatable bonds is 5. The number of nitrogen functional groups attached to an aromatic ring is 1. The lowest BCUT2D eigenvalue weighted by Gasteiger charge is -2.06. The van der Waals surface area contributed by atoms with Gasteiger partial charge in [0.05, 0.1) is 30.1 Å². The second-order valence-electron chi connectivity index (χ2n) is 3.82. The van der Waals surface area contributed by atoms with Crippen molar-refractivity contribution in [3.63, 3.8) is 0 Å². The molecule has 104 valence electrons. The Hall–Kier alpha value is -2.90. The predicted octanol–water partition coefficient (Wildman–Crippen LogP) is 1.55. The number of nitro benzene ring substituents is 1. The molecule has 1 heterocycles. The van der Waals surface area contributed by atoms with Crippen LogP contribution in [-0.4, -0.2) is 22.0 Å². The molecule has 0 aliphatic heterocycles. The number of hydrogen-bond acceptors (Lipinski definition) is 7. The fourth-order valence-corrected chi connectivity index (χ4v) is 1.47. The highest BCUT2D eigenvalue weighted by Gasteiger charge is 2.11. The largest absolute Gasteiger partial charge is 0.487 e. The van der Waals surface area contributed by atoms with Gasteiger partial charge in [0.2, 0.25) is 5.88 Å². The molecule has 0 bridgehead atoms. The molecule has 0 unspecified atom stereocenters. The third-order valence-electron chi connectivity index (χ3n) is 2.47. The second-order valence-corrected chi connectivity index (χ2v) is 3.82. The maximum Gasteiger partial charge on any atom is 0.292 e. The van der Waals surface area contributed by atoms with Gasteiger partial charge in [-0.25, -0.2) is 4.98 Å². The van der Waals surface area contributed by atoms with Gasteiger partial charge in [0.1, 0.15) is 18.0 Å². The zero-order valence-corrected chi connectivity index (χ0v) is 10.6. The molecule has 8 nitrogen and oxygen atoms in total. The van der Waals surface area contributed by atoms with E-state index in [-0.39, 0.29) is 18.0 Å². The summed E-state index contributed by atoms with van der Waals surface area (Å²) in [6.07, 6.45) is 3.00. The molecule has 0 spiro atoms. The molecule has 20 heavy (non-hydrogen) atoms. The lowest BCUT2D eigenvalue weighted by Crippen LogP contribution is -2.01. The van der Waals surface area contributed by atoms with E-state index in [1.54, 1.807) is 0 Å². The van der Waals surface area contributed by atoms with Gasteiger partial charge in [-0.15, -0.1) is 0 Å². The Morgan fingerprint density at radius 2 is 2.15 bits per heavy atom. The Morgan fingerprint density at radius 1 is 1.35 bits per heavy atom. The Bertz CT molecular complexity index is 615. The molecular weight excluding hydrogens is 264 g/mol. The van der Waals surface area contributed by atoms with Crippen molar-refractivity contribution in [2.24, 2.45) is 0 Å². The molecule has 0 atom stereocenters. The van der Waals surface area contributed by atoms with E-state index in [2.05, 4.69) is 9.97 Å². The van der Waals surface area contributed by atoms with Crippen molar-refractivity contribution in [1.29, 1.82) is 0 Å². The molecule has 2 rings (SSSR count). The zero-order valence-electron chi connectivity index (χ0n) is 10.6. The number of nitrogens with two attached hydrogens (primary N) is 1. The quantitative estimate of drug-likeness (QED) is 0.500. The van der Waals surface area contributed by atoms with Crippen molar-refractivity contribution >= 4 is 11.4 Å². The van der Waals surface area contributed by atoms with Crippen LogP contribution in [0, 0.1) is 10.1 Å². The maximum atomic E-state index is 10.6. The summed E-state index contributed by atoms with van der Waals surface area (Å²) in [6, 6.07) is 4.17. The number of hydrogen-bond donors (Lipinski definition) is 1. The Kier molecular flexibility index (Phi) is 3.94. The van der Waals surface area contributed by atoms with Gasteiger partial charge in [-0.05, 0) is 6.07 Å². The first-order valence-electron chi connectivity index (χ1n) is 5.62. The van der Waals surface area contributed by atoms with Crippen LogP contribution in [0.3, 0.4) is 0 Å². The van der Waals surface area contributed by atoms with E-state index in [0.717, 1.165) is 0 Å². The summed E-state index contributed by atoms with van der Waals surface area (Å²) >= 11 is 0. The summed E-state index contributed by atoms with van der Waals surface area (Å²) in [5.41, 5.74) is 6.06. The highest BCUT2D eigenvalue weighted by atomic mass is 16.6. The predicted molar refractivity (Wildman–Crippen MR) is 70.4 cm³/mol. The lowest BCUT2D eigenvalue weighted by molar-refractivity contribution is -0.383. The van der Waals surface area contributed by atoms with Crippen molar-refractivity contribution in [1.82, 2.24) is 9.97 Å². The van der Waals surface area contributed by atoms with Crippen LogP contribution in [0.1, 0.15) is 5.69 Å². The topological polar surface area (TPSA) is 113 Å². The molecule has 2 aromatic rings. The first-order valence-corrected chi connectivity index (χ1v) is 5.62. The van der Waals surface area contributed by atoms with Crippen LogP contribution in [0.2, 0.25) is 0 Å². The van der Waals surface area contributed by atoms with Crippen molar-refractivity contribution in [3.8, 4) is 11.6 Å². The normalized spacial score (nSPS) is 10.1. The molecule has 0 saturated heterocycles. The van der Waals surface area contributed by atoms with Gasteiger partial charge in [0, 0.05) is 12.1 Å². The number of nitrogens with zero attached hydrogens (tertiary/aromatic N) is 3. The molecule has 8 heteroatoms. The van der Waals surface area contributed by atoms with Crippen molar-refractivity contribution in [2.75, 3.05) is 12.8 Å². The molecule has 0 radical (unpaired) electrons. The van der Waals surface area contributed by atoms with Crippen LogP contribution < -0.4 is 15.2 Å². The van der Waals surface area contributed by atoms with Gasteiger partial charge >= 0.3 is 0 Å². The first-order chi connectivity index (χ1) is 9.60. The summed E-state index contributed by atoms with van der Waals surface area (Å²) in [5.74, 6) is 0.832. The molecule has 1 aromatic heterocycles. The number of methoxy groups -OCH3 is 1. The fourth-order valence-electron chi connectivity index (χ4n) is 1.47. The number of ether oxygens (including phenoxy) is 2. The molecule has 0 amide bonds. The van der Waals surface area contributed by atoms with Gasteiger partial charge in [-0.1, -0.05) is 0 Å². The Morgan fingerprint density at radius 3 is 2.70 bits per heavy atom. The average Bonchev–Trinajstić information content (AvgIpc) is 2.45. The van der Waals surface area contributed by atoms with Gasteiger partial charge in [-0.3, -0.25) is 15.1 Å². The first kappa shape index (κ1) is 13.5. The molecule has 0 aliphatic rings. The summed E-state index contributed by atoms with van der Waals surface area (Å²) < 4.78 is 10.3. The lowest BCUT2D eigenvalue weighted by atomic mass is 10.2. The molecule has 0 aliphatic carbocycles. The van der Waals surface area contributed by atoms with Crippen LogP contribution in [0.25, 0.3) is 0 Å². The monoisotopic (exact) mass is 276 g/mol. The third kappa shape index (κ3) is 3.10. The minimum Gasteiger partial charge on any atom is -0.487 e. The van der Waals surface area contributed by atoms with Crippen LogP contribution in [0.4, 0.5) is 11.4 Å². The van der Waals surface area contributed by atoms with Crippen LogP contribution in [0.5, 0.6) is 11.6 Å². The fraction of sp³-hybridized carbons (Fsp3) is 0.167. The summed E-state index contributed by atoms with van der Waals surface area (Å²) in [7, 11) is 1.50. The van der Waals surface area contributed by atoms with E-state index in [1.807, 2.05) is 0 Å². The van der Waals surface area contributed by atoms with Crippen molar-refractivity contribution in [2.45, 2.75) is 6.61 Å². The minimum absolute atomic E-state index is 0.0494. The minimum atomic E-state index is -0.548. The number of aromatic nitrogens is 2. The van der Waals surface area contributed by atoms with E-state index in [1.165, 1.54) is 37.7 Å².